The van der Waals surface area contributed by atoms with Gasteiger partial charge in [-0.3, -0.25) is 0 Å². The summed E-state index contributed by atoms with van der Waals surface area (Å²) in [6.07, 6.45) is 0. The molecule has 0 bridgehead atoms. The van der Waals surface area contributed by atoms with E-state index in [4.69, 9.17) is 4.74 Å². The number of fused-ring (bicyclic) bond motifs is 1. The van der Waals surface area contributed by atoms with Gasteiger partial charge in [0.15, 0.2) is 0 Å². The number of nitrogens with zero attached hydrogens (tertiary/aromatic N) is 2. The smallest absolute Gasteiger partial charge is 0.148 e. The van der Waals surface area contributed by atoms with Gasteiger partial charge in [-0.05, 0) is 29.8 Å². The fourth-order valence-electron chi connectivity index (χ4n) is 1.64. The minimum absolute atomic E-state index is 0.246. The van der Waals surface area contributed by atoms with Gasteiger partial charge >= 0.3 is 0 Å². The number of hydrogen-bond donors (Lipinski definition) is 0. The van der Waals surface area contributed by atoms with Crippen LogP contribution in [0.2, 0.25) is 0 Å². The maximum absolute atomic E-state index is 12.8. The molecule has 18 heavy (non-hydrogen) atoms. The van der Waals surface area contributed by atoms with Crippen LogP contribution in [-0.4, -0.2) is 8.75 Å². The summed E-state index contributed by atoms with van der Waals surface area (Å²) in [6.45, 7) is 0.386. The van der Waals surface area contributed by atoms with Gasteiger partial charge in [-0.25, -0.2) is 4.39 Å². The number of hydrogen-bond acceptors (Lipinski definition) is 4. The van der Waals surface area contributed by atoms with E-state index in [0.29, 0.717) is 12.4 Å². The SMILES string of the molecule is Fc1ccc(COc2cccc3nsnc23)cc1. The second kappa shape index (κ2) is 4.70. The monoisotopic (exact) mass is 260 g/mol. The highest BCUT2D eigenvalue weighted by Crippen LogP contribution is 2.24. The molecule has 0 saturated carbocycles. The van der Waals surface area contributed by atoms with Gasteiger partial charge in [0.2, 0.25) is 0 Å². The first-order chi connectivity index (χ1) is 8.83. The molecule has 0 amide bonds. The van der Waals surface area contributed by atoms with Crippen molar-refractivity contribution in [2.24, 2.45) is 0 Å². The van der Waals surface area contributed by atoms with E-state index in [1.165, 1.54) is 12.1 Å². The molecular formula is C13H9FN2OS. The average Bonchev–Trinajstić information content (AvgIpc) is 2.87. The lowest BCUT2D eigenvalue weighted by Crippen LogP contribution is -1.96. The number of benzene rings is 2. The highest BCUT2D eigenvalue weighted by Gasteiger charge is 2.05. The molecule has 0 atom stereocenters. The van der Waals surface area contributed by atoms with Crippen molar-refractivity contribution < 1.29 is 9.13 Å². The lowest BCUT2D eigenvalue weighted by atomic mass is 10.2. The van der Waals surface area contributed by atoms with Crippen molar-refractivity contribution in [2.45, 2.75) is 6.61 Å². The maximum atomic E-state index is 12.8. The number of rotatable bonds is 3. The van der Waals surface area contributed by atoms with Crippen molar-refractivity contribution in [3.05, 3.63) is 53.8 Å². The first-order valence-electron chi connectivity index (χ1n) is 5.41. The quantitative estimate of drug-likeness (QED) is 0.724. The second-order valence-electron chi connectivity index (χ2n) is 3.80. The topological polar surface area (TPSA) is 35.0 Å². The number of aromatic nitrogens is 2. The first-order valence-corrected chi connectivity index (χ1v) is 6.14. The van der Waals surface area contributed by atoms with Gasteiger partial charge in [-0.1, -0.05) is 18.2 Å². The van der Waals surface area contributed by atoms with Crippen molar-refractivity contribution in [3.8, 4) is 5.75 Å². The third-order valence-electron chi connectivity index (χ3n) is 2.56. The van der Waals surface area contributed by atoms with E-state index in [1.807, 2.05) is 18.2 Å². The molecule has 0 radical (unpaired) electrons. The Labute approximate surface area is 107 Å². The summed E-state index contributed by atoms with van der Waals surface area (Å²) < 4.78 is 26.8. The van der Waals surface area contributed by atoms with Crippen LogP contribution in [0.25, 0.3) is 11.0 Å². The molecule has 0 fully saturated rings. The Balaban J connectivity index is 1.80. The van der Waals surface area contributed by atoms with Gasteiger partial charge in [0.1, 0.15) is 29.2 Å². The number of ether oxygens (including phenoxy) is 1. The molecule has 1 aromatic heterocycles. The van der Waals surface area contributed by atoms with Crippen LogP contribution >= 0.6 is 11.7 Å². The molecule has 90 valence electrons. The molecule has 5 heteroatoms. The molecule has 0 saturated heterocycles. The molecule has 0 unspecified atom stereocenters. The van der Waals surface area contributed by atoms with Gasteiger partial charge in [-0.2, -0.15) is 8.75 Å². The van der Waals surface area contributed by atoms with Crippen molar-refractivity contribution in [1.29, 1.82) is 0 Å². The van der Waals surface area contributed by atoms with Crippen LogP contribution in [-0.2, 0) is 6.61 Å². The zero-order chi connectivity index (χ0) is 12.4. The van der Waals surface area contributed by atoms with E-state index in [0.717, 1.165) is 28.3 Å². The third kappa shape index (κ3) is 2.17. The predicted molar refractivity (Wildman–Crippen MR) is 68.1 cm³/mol. The summed E-state index contributed by atoms with van der Waals surface area (Å²) in [4.78, 5) is 0. The molecule has 0 spiro atoms. The molecule has 0 aliphatic rings. The van der Waals surface area contributed by atoms with Crippen LogP contribution in [0.15, 0.2) is 42.5 Å². The Morgan fingerprint density at radius 1 is 1.06 bits per heavy atom. The van der Waals surface area contributed by atoms with Crippen molar-refractivity contribution >= 4 is 22.8 Å². The molecule has 0 aliphatic heterocycles. The maximum Gasteiger partial charge on any atom is 0.148 e. The van der Waals surface area contributed by atoms with Gasteiger partial charge in [0.25, 0.3) is 0 Å². The third-order valence-corrected chi connectivity index (χ3v) is 3.10. The highest BCUT2D eigenvalue weighted by atomic mass is 32.1. The Morgan fingerprint density at radius 3 is 2.72 bits per heavy atom. The Kier molecular flexibility index (Phi) is 2.90. The van der Waals surface area contributed by atoms with E-state index in [1.54, 1.807) is 12.1 Å². The minimum atomic E-state index is -0.246. The molecule has 0 N–H and O–H groups in total. The zero-order valence-electron chi connectivity index (χ0n) is 9.34. The summed E-state index contributed by atoms with van der Waals surface area (Å²) in [5, 5.41) is 0. The summed E-state index contributed by atoms with van der Waals surface area (Å²) in [7, 11) is 0. The van der Waals surface area contributed by atoms with Crippen LogP contribution in [0.1, 0.15) is 5.56 Å². The summed E-state index contributed by atoms with van der Waals surface area (Å²) in [6, 6.07) is 11.9. The predicted octanol–water partition coefficient (Wildman–Crippen LogP) is 3.41. The molecular weight excluding hydrogens is 251 g/mol. The van der Waals surface area contributed by atoms with Crippen LogP contribution in [0.3, 0.4) is 0 Å². The Hall–Kier alpha value is -2.01. The second-order valence-corrected chi connectivity index (χ2v) is 4.33. The zero-order valence-corrected chi connectivity index (χ0v) is 10.2. The molecule has 1 heterocycles. The van der Waals surface area contributed by atoms with Crippen molar-refractivity contribution in [2.75, 3.05) is 0 Å². The van der Waals surface area contributed by atoms with E-state index in [-0.39, 0.29) is 5.82 Å². The van der Waals surface area contributed by atoms with E-state index in [9.17, 15) is 4.39 Å². The van der Waals surface area contributed by atoms with Gasteiger partial charge in [0, 0.05) is 0 Å². The van der Waals surface area contributed by atoms with E-state index < -0.39 is 0 Å². The van der Waals surface area contributed by atoms with Crippen LogP contribution in [0.4, 0.5) is 4.39 Å². The molecule has 0 aliphatic carbocycles. The molecule has 2 aromatic carbocycles. The Morgan fingerprint density at radius 2 is 1.89 bits per heavy atom. The summed E-state index contributed by atoms with van der Waals surface area (Å²) in [5.41, 5.74) is 2.51. The lowest BCUT2D eigenvalue weighted by Gasteiger charge is -2.06. The fourth-order valence-corrected chi connectivity index (χ4v) is 2.18. The standard InChI is InChI=1S/C13H9FN2OS/c14-10-6-4-9(5-7-10)8-17-12-3-1-2-11-13(12)16-18-15-11/h1-7H,8H2. The number of halogens is 1. The van der Waals surface area contributed by atoms with Gasteiger partial charge in [0.05, 0.1) is 11.7 Å². The Bertz CT molecular complexity index is 666. The molecule has 3 nitrogen and oxygen atoms in total. The lowest BCUT2D eigenvalue weighted by molar-refractivity contribution is 0.309. The summed E-state index contributed by atoms with van der Waals surface area (Å²) >= 11 is 1.16. The van der Waals surface area contributed by atoms with Crippen molar-refractivity contribution in [3.63, 3.8) is 0 Å². The van der Waals surface area contributed by atoms with Crippen LogP contribution < -0.4 is 4.74 Å². The van der Waals surface area contributed by atoms with E-state index >= 15 is 0 Å². The first kappa shape index (κ1) is 11.1. The van der Waals surface area contributed by atoms with Gasteiger partial charge < -0.3 is 4.74 Å². The van der Waals surface area contributed by atoms with Gasteiger partial charge in [-0.15, -0.1) is 0 Å². The van der Waals surface area contributed by atoms with Crippen LogP contribution in [0.5, 0.6) is 5.75 Å². The van der Waals surface area contributed by atoms with Crippen LogP contribution in [0, 0.1) is 5.82 Å². The molecule has 3 rings (SSSR count). The average molecular weight is 260 g/mol. The minimum Gasteiger partial charge on any atom is -0.487 e. The largest absolute Gasteiger partial charge is 0.487 e. The summed E-state index contributed by atoms with van der Waals surface area (Å²) in [5.74, 6) is 0.454. The van der Waals surface area contributed by atoms with Crippen molar-refractivity contribution in [1.82, 2.24) is 8.75 Å². The molecule has 3 aromatic rings. The normalized spacial score (nSPS) is 10.7. The fraction of sp³-hybridized carbons (Fsp3) is 0.0769. The van der Waals surface area contributed by atoms with E-state index in [2.05, 4.69) is 8.75 Å². The highest BCUT2D eigenvalue weighted by molar-refractivity contribution is 7.00.